The third kappa shape index (κ3) is 9.19. The zero-order chi connectivity index (χ0) is 38.2. The normalized spacial score (nSPS) is 10.8. The van der Waals surface area contributed by atoms with Gasteiger partial charge in [0.05, 0.1) is 11.4 Å². The van der Waals surface area contributed by atoms with Gasteiger partial charge in [-0.05, 0) is 158 Å². The number of hydrogen-bond donors (Lipinski definition) is 6. The number of nitrogens with two attached hydrogens (primary N) is 2. The third-order valence-corrected chi connectivity index (χ3v) is 8.35. The number of nitrogens with zero attached hydrogens (tertiary/aromatic N) is 2. The van der Waals surface area contributed by atoms with Crippen LogP contribution in [0.25, 0.3) is 0 Å². The summed E-state index contributed by atoms with van der Waals surface area (Å²) in [5, 5.41) is 20.0. The van der Waals surface area contributed by atoms with Gasteiger partial charge in [0.2, 0.25) is 0 Å². The van der Waals surface area contributed by atoms with E-state index in [2.05, 4.69) is 31.5 Å². The summed E-state index contributed by atoms with van der Waals surface area (Å²) in [5.41, 5.74) is 19.4. The van der Waals surface area contributed by atoms with E-state index in [1.54, 1.807) is 133 Å². The molecule has 0 bridgehead atoms. The monoisotopic (exact) mass is 716 g/mol. The lowest BCUT2D eigenvalue weighted by Gasteiger charge is -2.12. The van der Waals surface area contributed by atoms with Crippen LogP contribution in [-0.4, -0.2) is 23.6 Å². The van der Waals surface area contributed by atoms with Crippen LogP contribution >= 0.6 is 0 Å². The first-order valence-electron chi connectivity index (χ1n) is 16.8. The first-order valence-corrected chi connectivity index (χ1v) is 16.8. The van der Waals surface area contributed by atoms with Gasteiger partial charge >= 0.3 is 0 Å². The van der Waals surface area contributed by atoms with Gasteiger partial charge in [-0.15, -0.1) is 0 Å². The molecule has 0 aliphatic carbocycles. The molecule has 0 unspecified atom stereocenters. The summed E-state index contributed by atoms with van der Waals surface area (Å²) >= 11 is 0. The average molecular weight is 717 g/mol. The Balaban J connectivity index is 0.996. The standard InChI is InChI=1S/C42H36N8O4/c1-25-23-35(45-39(51)27-3-11-31(43)12-4-27)19-21-37(25)47-41(53)29-7-15-33(16-8-29)49-50-34-17-9-30(10-18-34)42(54)48-38-22-20-36(24-26(38)2)46-40(52)28-5-13-32(44)14-6-28/h3-24H,43-44H2,1-2H3,(H,45,51)(H,46,52)(H,47,53)(H,48,54). The summed E-state index contributed by atoms with van der Waals surface area (Å²) in [6, 6.07) is 37.0. The summed E-state index contributed by atoms with van der Waals surface area (Å²) in [4.78, 5) is 51.0. The van der Waals surface area contributed by atoms with E-state index in [4.69, 9.17) is 11.5 Å². The minimum atomic E-state index is -0.304. The van der Waals surface area contributed by atoms with Gasteiger partial charge in [0.1, 0.15) is 0 Å². The number of benzene rings is 6. The lowest BCUT2D eigenvalue weighted by molar-refractivity contribution is 0.101. The molecule has 0 radical (unpaired) electrons. The first-order chi connectivity index (χ1) is 26.0. The van der Waals surface area contributed by atoms with E-state index in [0.29, 0.717) is 67.8 Å². The molecule has 54 heavy (non-hydrogen) atoms. The zero-order valence-corrected chi connectivity index (χ0v) is 29.4. The van der Waals surface area contributed by atoms with Crippen LogP contribution in [0.3, 0.4) is 0 Å². The Hall–Kier alpha value is -7.60. The molecule has 6 rings (SSSR count). The predicted molar refractivity (Wildman–Crippen MR) is 213 cm³/mol. The molecular formula is C42H36N8O4. The number of amides is 4. The Labute approximate surface area is 311 Å². The molecule has 0 saturated heterocycles. The Morgan fingerprint density at radius 3 is 1.02 bits per heavy atom. The minimum Gasteiger partial charge on any atom is -0.399 e. The molecule has 0 aliphatic heterocycles. The Kier molecular flexibility index (Phi) is 10.8. The second-order valence-electron chi connectivity index (χ2n) is 12.4. The van der Waals surface area contributed by atoms with Crippen molar-refractivity contribution in [2.75, 3.05) is 32.7 Å². The van der Waals surface area contributed by atoms with Crippen LogP contribution in [0.5, 0.6) is 0 Å². The number of rotatable bonds is 10. The van der Waals surface area contributed by atoms with Gasteiger partial charge in [0.15, 0.2) is 0 Å². The van der Waals surface area contributed by atoms with E-state index >= 15 is 0 Å². The summed E-state index contributed by atoms with van der Waals surface area (Å²) in [6.45, 7) is 3.68. The Bertz CT molecular complexity index is 2200. The first kappa shape index (κ1) is 36.2. The summed E-state index contributed by atoms with van der Waals surface area (Å²) < 4.78 is 0. The van der Waals surface area contributed by atoms with Crippen molar-refractivity contribution in [3.8, 4) is 0 Å². The van der Waals surface area contributed by atoms with E-state index < -0.39 is 0 Å². The van der Waals surface area contributed by atoms with Gasteiger partial charge in [-0.25, -0.2) is 0 Å². The van der Waals surface area contributed by atoms with Crippen LogP contribution in [0.4, 0.5) is 45.5 Å². The summed E-state index contributed by atoms with van der Waals surface area (Å²) in [5.74, 6) is -1.14. The highest BCUT2D eigenvalue weighted by Gasteiger charge is 2.13. The number of nitrogen functional groups attached to an aromatic ring is 2. The van der Waals surface area contributed by atoms with Crippen LogP contribution in [0.2, 0.25) is 0 Å². The molecule has 0 aliphatic rings. The predicted octanol–water partition coefficient (Wildman–Crippen LogP) is 8.89. The van der Waals surface area contributed by atoms with Gasteiger partial charge in [-0.2, -0.15) is 10.2 Å². The lowest BCUT2D eigenvalue weighted by atomic mass is 10.1. The van der Waals surface area contributed by atoms with Gasteiger partial charge in [0.25, 0.3) is 23.6 Å². The van der Waals surface area contributed by atoms with E-state index in [-0.39, 0.29) is 23.6 Å². The van der Waals surface area contributed by atoms with E-state index in [1.165, 1.54) is 0 Å². The highest BCUT2D eigenvalue weighted by atomic mass is 16.2. The molecule has 268 valence electrons. The smallest absolute Gasteiger partial charge is 0.255 e. The highest BCUT2D eigenvalue weighted by Crippen LogP contribution is 2.25. The van der Waals surface area contributed by atoms with Crippen molar-refractivity contribution < 1.29 is 19.2 Å². The molecule has 0 saturated carbocycles. The maximum atomic E-state index is 13.0. The zero-order valence-electron chi connectivity index (χ0n) is 29.4. The molecule has 0 fully saturated rings. The largest absolute Gasteiger partial charge is 0.399 e. The molecule has 4 amide bonds. The maximum Gasteiger partial charge on any atom is 0.255 e. The van der Waals surface area contributed by atoms with Crippen molar-refractivity contribution in [3.05, 3.63) is 167 Å². The number of nitrogens with one attached hydrogen (secondary N) is 4. The van der Waals surface area contributed by atoms with E-state index in [9.17, 15) is 19.2 Å². The van der Waals surface area contributed by atoms with Crippen LogP contribution in [0.1, 0.15) is 52.6 Å². The molecule has 0 spiro atoms. The molecule has 6 aromatic rings. The fraction of sp³-hybridized carbons (Fsp3) is 0.0476. The topological polar surface area (TPSA) is 193 Å². The number of aryl methyl sites for hydroxylation is 2. The Morgan fingerprint density at radius 1 is 0.407 bits per heavy atom. The quantitative estimate of drug-likeness (QED) is 0.0605. The molecule has 6 aromatic carbocycles. The molecule has 8 N–H and O–H groups in total. The fourth-order valence-electron chi connectivity index (χ4n) is 5.30. The van der Waals surface area contributed by atoms with Crippen molar-refractivity contribution in [2.45, 2.75) is 13.8 Å². The van der Waals surface area contributed by atoms with Gasteiger partial charge in [0, 0.05) is 56.4 Å². The summed E-state index contributed by atoms with van der Waals surface area (Å²) in [7, 11) is 0. The molecule has 0 heterocycles. The molecule has 12 heteroatoms. The Morgan fingerprint density at radius 2 is 0.704 bits per heavy atom. The molecule has 12 nitrogen and oxygen atoms in total. The number of carbonyl (C=O) groups is 4. The maximum absolute atomic E-state index is 13.0. The minimum absolute atomic E-state index is 0.265. The van der Waals surface area contributed by atoms with Gasteiger partial charge < -0.3 is 32.7 Å². The van der Waals surface area contributed by atoms with Crippen LogP contribution < -0.4 is 32.7 Å². The highest BCUT2D eigenvalue weighted by molar-refractivity contribution is 6.07. The molecule has 0 aromatic heterocycles. The van der Waals surface area contributed by atoms with E-state index in [0.717, 1.165) is 11.1 Å². The number of azo groups is 1. The molecular weight excluding hydrogens is 681 g/mol. The second-order valence-corrected chi connectivity index (χ2v) is 12.4. The summed E-state index contributed by atoms with van der Waals surface area (Å²) in [6.07, 6.45) is 0. The van der Waals surface area contributed by atoms with Crippen molar-refractivity contribution in [2.24, 2.45) is 10.2 Å². The SMILES string of the molecule is Cc1cc(NC(=O)c2ccc(N)cc2)ccc1NC(=O)c1ccc(N=Nc2ccc(C(=O)Nc3ccc(NC(=O)c4ccc(N)cc4)cc3C)cc2)cc1. The number of anilines is 6. The lowest BCUT2D eigenvalue weighted by Crippen LogP contribution is -2.14. The number of hydrogen-bond acceptors (Lipinski definition) is 8. The fourth-order valence-corrected chi connectivity index (χ4v) is 5.30. The van der Waals surface area contributed by atoms with Crippen molar-refractivity contribution >= 4 is 69.1 Å². The van der Waals surface area contributed by atoms with Crippen molar-refractivity contribution in [1.29, 1.82) is 0 Å². The van der Waals surface area contributed by atoms with E-state index in [1.807, 2.05) is 13.8 Å². The van der Waals surface area contributed by atoms with Crippen molar-refractivity contribution in [1.82, 2.24) is 0 Å². The molecule has 0 atom stereocenters. The van der Waals surface area contributed by atoms with Crippen LogP contribution in [0, 0.1) is 13.8 Å². The van der Waals surface area contributed by atoms with Gasteiger partial charge in [-0.1, -0.05) is 0 Å². The van der Waals surface area contributed by atoms with Crippen molar-refractivity contribution in [3.63, 3.8) is 0 Å². The number of carbonyl (C=O) groups excluding carboxylic acids is 4. The van der Waals surface area contributed by atoms with Gasteiger partial charge in [-0.3, -0.25) is 19.2 Å². The van der Waals surface area contributed by atoms with Crippen LogP contribution in [0.15, 0.2) is 144 Å². The second kappa shape index (κ2) is 16.2. The van der Waals surface area contributed by atoms with Crippen LogP contribution in [-0.2, 0) is 0 Å². The average Bonchev–Trinajstić information content (AvgIpc) is 3.17. The third-order valence-electron chi connectivity index (χ3n) is 8.35.